The van der Waals surface area contributed by atoms with E-state index in [-0.39, 0.29) is 11.8 Å². The van der Waals surface area contributed by atoms with Crippen LogP contribution in [0.25, 0.3) is 0 Å². The molecule has 8 nitrogen and oxygen atoms in total. The number of nitrogens with one attached hydrogen (secondary N) is 1. The van der Waals surface area contributed by atoms with Crippen molar-refractivity contribution in [2.45, 2.75) is 12.8 Å². The van der Waals surface area contributed by atoms with Crippen molar-refractivity contribution in [3.63, 3.8) is 0 Å². The largest absolute Gasteiger partial charge is 0.497 e. The van der Waals surface area contributed by atoms with Crippen LogP contribution in [0.2, 0.25) is 0 Å². The van der Waals surface area contributed by atoms with Crippen molar-refractivity contribution in [1.82, 2.24) is 15.1 Å². The van der Waals surface area contributed by atoms with Gasteiger partial charge in [0, 0.05) is 58.1 Å². The minimum Gasteiger partial charge on any atom is -0.497 e. The van der Waals surface area contributed by atoms with E-state index >= 15 is 0 Å². The lowest BCUT2D eigenvalue weighted by molar-refractivity contribution is 0.0652. The lowest BCUT2D eigenvalue weighted by Crippen LogP contribution is -2.52. The Kier molecular flexibility index (Phi) is 7.12. The molecule has 8 heteroatoms. The number of carbonyl (C=O) groups is 2. The van der Waals surface area contributed by atoms with E-state index in [9.17, 15) is 9.59 Å². The molecular formula is C25H31N5O3. The molecule has 0 aliphatic carbocycles. The Hall–Kier alpha value is -3.55. The van der Waals surface area contributed by atoms with E-state index in [1.54, 1.807) is 38.4 Å². The van der Waals surface area contributed by atoms with E-state index in [2.05, 4.69) is 32.2 Å². The first-order chi connectivity index (χ1) is 16.1. The second kappa shape index (κ2) is 10.4. The van der Waals surface area contributed by atoms with E-state index in [0.717, 1.165) is 57.3 Å². The van der Waals surface area contributed by atoms with Crippen molar-refractivity contribution in [2.24, 2.45) is 4.99 Å². The Morgan fingerprint density at radius 1 is 0.970 bits per heavy atom. The first kappa shape index (κ1) is 22.6. The van der Waals surface area contributed by atoms with Crippen LogP contribution < -0.4 is 15.0 Å². The summed E-state index contributed by atoms with van der Waals surface area (Å²) in [6, 6.07) is 15.2. The number of piperazine rings is 1. The number of hydrogen-bond acceptors (Lipinski definition) is 5. The zero-order chi connectivity index (χ0) is 23.2. The number of carbonyl (C=O) groups excluding carboxylic acids is 2. The van der Waals surface area contributed by atoms with Crippen molar-refractivity contribution in [3.8, 4) is 5.75 Å². The third kappa shape index (κ3) is 4.94. The standard InChI is InChI=1S/C25H31N5O3/c1-26-25(29-16-14-28(15-17-29)19-8-7-9-20(18-19)33-2)27-12-5-6-13-30-23(31)21-10-3-4-11-22(21)24(30)32/h3-4,7-11,18H,5-6,12-17H2,1-2H3,(H,26,27). The maximum atomic E-state index is 12.4. The van der Waals surface area contributed by atoms with Gasteiger partial charge in [-0.3, -0.25) is 19.5 Å². The molecule has 0 saturated carbocycles. The van der Waals surface area contributed by atoms with Gasteiger partial charge in [0.25, 0.3) is 11.8 Å². The topological polar surface area (TPSA) is 77.5 Å². The van der Waals surface area contributed by atoms with Crippen molar-refractivity contribution in [1.29, 1.82) is 0 Å². The number of unbranched alkanes of at least 4 members (excludes halogenated alkanes) is 1. The first-order valence-corrected chi connectivity index (χ1v) is 11.4. The van der Waals surface area contributed by atoms with Gasteiger partial charge in [-0.25, -0.2) is 0 Å². The van der Waals surface area contributed by atoms with Gasteiger partial charge < -0.3 is 19.9 Å². The molecule has 0 radical (unpaired) electrons. The van der Waals surface area contributed by atoms with Crippen molar-refractivity contribution >= 4 is 23.5 Å². The van der Waals surface area contributed by atoms with E-state index in [0.29, 0.717) is 17.7 Å². The monoisotopic (exact) mass is 449 g/mol. The van der Waals surface area contributed by atoms with Gasteiger partial charge in [-0.1, -0.05) is 18.2 Å². The maximum absolute atomic E-state index is 12.4. The summed E-state index contributed by atoms with van der Waals surface area (Å²) in [5.41, 5.74) is 2.19. The summed E-state index contributed by atoms with van der Waals surface area (Å²) in [5.74, 6) is 1.39. The van der Waals surface area contributed by atoms with Gasteiger partial charge in [0.15, 0.2) is 5.96 Å². The highest BCUT2D eigenvalue weighted by molar-refractivity contribution is 6.21. The Morgan fingerprint density at radius 3 is 2.30 bits per heavy atom. The van der Waals surface area contributed by atoms with Crippen molar-refractivity contribution < 1.29 is 14.3 Å². The lowest BCUT2D eigenvalue weighted by atomic mass is 10.1. The molecule has 0 bridgehead atoms. The third-order valence-electron chi connectivity index (χ3n) is 6.18. The molecule has 1 fully saturated rings. The van der Waals surface area contributed by atoms with Gasteiger partial charge >= 0.3 is 0 Å². The fourth-order valence-electron chi connectivity index (χ4n) is 4.35. The van der Waals surface area contributed by atoms with Crippen LogP contribution >= 0.6 is 0 Å². The zero-order valence-corrected chi connectivity index (χ0v) is 19.3. The summed E-state index contributed by atoms with van der Waals surface area (Å²) in [4.78, 5) is 35.3. The average molecular weight is 450 g/mol. The second-order valence-electron chi connectivity index (χ2n) is 8.16. The van der Waals surface area contributed by atoms with E-state index in [4.69, 9.17) is 4.74 Å². The fraction of sp³-hybridized carbons (Fsp3) is 0.400. The molecule has 2 heterocycles. The number of amides is 2. The predicted octanol–water partition coefficient (Wildman–Crippen LogP) is 2.47. The number of aliphatic imine (C=N–C) groups is 1. The highest BCUT2D eigenvalue weighted by Gasteiger charge is 2.34. The maximum Gasteiger partial charge on any atom is 0.261 e. The number of fused-ring (bicyclic) bond motifs is 1. The number of guanidine groups is 1. The second-order valence-corrected chi connectivity index (χ2v) is 8.16. The number of methoxy groups -OCH3 is 1. The molecule has 4 rings (SSSR count). The molecule has 0 spiro atoms. The molecule has 2 aliphatic rings. The summed E-state index contributed by atoms with van der Waals surface area (Å²) in [7, 11) is 3.49. The van der Waals surface area contributed by atoms with Crippen molar-refractivity contribution in [3.05, 3.63) is 59.7 Å². The van der Waals surface area contributed by atoms with Crippen LogP contribution in [0.4, 0.5) is 5.69 Å². The SMILES string of the molecule is CN=C(NCCCCN1C(=O)c2ccccc2C1=O)N1CCN(c2cccc(OC)c2)CC1. The van der Waals surface area contributed by atoms with E-state index in [1.807, 2.05) is 12.1 Å². The van der Waals surface area contributed by atoms with Crippen LogP contribution in [0, 0.1) is 0 Å². The number of benzene rings is 2. The third-order valence-corrected chi connectivity index (χ3v) is 6.18. The van der Waals surface area contributed by atoms with Gasteiger partial charge in [0.2, 0.25) is 0 Å². The molecule has 174 valence electrons. The Bertz CT molecular complexity index is 995. The molecule has 2 aliphatic heterocycles. The number of rotatable bonds is 7. The minimum absolute atomic E-state index is 0.187. The number of anilines is 1. The molecule has 2 aromatic rings. The normalized spacial score (nSPS) is 16.3. The molecule has 1 N–H and O–H groups in total. The van der Waals surface area contributed by atoms with Gasteiger partial charge in [-0.05, 0) is 37.1 Å². The van der Waals surface area contributed by atoms with Gasteiger partial charge in [-0.2, -0.15) is 0 Å². The lowest BCUT2D eigenvalue weighted by Gasteiger charge is -2.37. The van der Waals surface area contributed by atoms with Crippen LogP contribution in [-0.4, -0.2) is 81.0 Å². The number of ether oxygens (including phenoxy) is 1. The van der Waals surface area contributed by atoms with E-state index in [1.165, 1.54) is 10.6 Å². The quantitative estimate of drug-likeness (QED) is 0.303. The highest BCUT2D eigenvalue weighted by Crippen LogP contribution is 2.23. The summed E-state index contributed by atoms with van der Waals surface area (Å²) >= 11 is 0. The molecule has 33 heavy (non-hydrogen) atoms. The molecule has 2 aromatic carbocycles. The smallest absolute Gasteiger partial charge is 0.261 e. The molecule has 2 amide bonds. The number of hydrogen-bond donors (Lipinski definition) is 1. The fourth-order valence-corrected chi connectivity index (χ4v) is 4.35. The first-order valence-electron chi connectivity index (χ1n) is 11.4. The van der Waals surface area contributed by atoms with Crippen LogP contribution in [0.3, 0.4) is 0 Å². The average Bonchev–Trinajstić information content (AvgIpc) is 3.11. The zero-order valence-electron chi connectivity index (χ0n) is 19.3. The number of imide groups is 1. The van der Waals surface area contributed by atoms with Crippen LogP contribution in [-0.2, 0) is 0 Å². The van der Waals surface area contributed by atoms with Crippen LogP contribution in [0.1, 0.15) is 33.6 Å². The van der Waals surface area contributed by atoms with Crippen LogP contribution in [0.15, 0.2) is 53.5 Å². The summed E-state index contributed by atoms with van der Waals surface area (Å²) < 4.78 is 5.34. The number of nitrogens with zero attached hydrogens (tertiary/aromatic N) is 4. The van der Waals surface area contributed by atoms with Crippen molar-refractivity contribution in [2.75, 3.05) is 58.3 Å². The molecule has 0 aromatic heterocycles. The molecule has 0 unspecified atom stereocenters. The summed E-state index contributed by atoms with van der Waals surface area (Å²) in [6.07, 6.45) is 1.59. The van der Waals surface area contributed by atoms with Gasteiger partial charge in [0.1, 0.15) is 5.75 Å². The summed E-state index contributed by atoms with van der Waals surface area (Å²) in [6.45, 7) is 4.76. The predicted molar refractivity (Wildman–Crippen MR) is 129 cm³/mol. The molecular weight excluding hydrogens is 418 g/mol. The Balaban J connectivity index is 1.19. The summed E-state index contributed by atoms with van der Waals surface area (Å²) in [5, 5.41) is 3.43. The minimum atomic E-state index is -0.187. The Morgan fingerprint density at radius 2 is 1.67 bits per heavy atom. The van der Waals surface area contributed by atoms with Gasteiger partial charge in [-0.15, -0.1) is 0 Å². The van der Waals surface area contributed by atoms with E-state index < -0.39 is 0 Å². The van der Waals surface area contributed by atoms with Crippen LogP contribution in [0.5, 0.6) is 5.75 Å². The van der Waals surface area contributed by atoms with Gasteiger partial charge in [0.05, 0.1) is 18.2 Å². The molecule has 0 atom stereocenters. The molecule has 1 saturated heterocycles. The highest BCUT2D eigenvalue weighted by atomic mass is 16.5. The Labute approximate surface area is 194 Å².